The minimum atomic E-state index is -1.32. The Hall–Kier alpha value is -2.83. The minimum Gasteiger partial charge on any atom is -0.548 e. The van der Waals surface area contributed by atoms with Crippen LogP contribution in [0.25, 0.3) is 11.0 Å². The molecule has 0 aliphatic carbocycles. The van der Waals surface area contributed by atoms with Crippen molar-refractivity contribution in [1.82, 2.24) is 5.32 Å². The first kappa shape index (κ1) is 17.5. The third-order valence-corrected chi connectivity index (χ3v) is 3.43. The number of carboxylic acids is 1. The van der Waals surface area contributed by atoms with E-state index in [1.54, 1.807) is 18.2 Å². The molecule has 1 amide bonds. The summed E-state index contributed by atoms with van der Waals surface area (Å²) in [7, 11) is 0. The quantitative estimate of drug-likeness (QED) is 0.709. The Morgan fingerprint density at radius 2 is 2.04 bits per heavy atom. The molecule has 1 atom stereocenters. The first-order valence-electron chi connectivity index (χ1n) is 7.66. The average Bonchev–Trinajstić information content (AvgIpc) is 2.56. The Morgan fingerprint density at radius 3 is 2.75 bits per heavy atom. The average molecular weight is 332 g/mol. The summed E-state index contributed by atoms with van der Waals surface area (Å²) in [6, 6.07) is 6.72. The van der Waals surface area contributed by atoms with Crippen molar-refractivity contribution in [3.05, 3.63) is 40.8 Å². The van der Waals surface area contributed by atoms with Gasteiger partial charge in [0.1, 0.15) is 11.3 Å². The summed E-state index contributed by atoms with van der Waals surface area (Å²) in [6.45, 7) is 1.58. The molecule has 1 aromatic carbocycles. The number of carboxylic acid groups (broad SMARTS) is 1. The van der Waals surface area contributed by atoms with Gasteiger partial charge in [-0.05, 0) is 24.6 Å². The number of rotatable bonds is 8. The van der Waals surface area contributed by atoms with Gasteiger partial charge in [0.15, 0.2) is 6.61 Å². The fraction of sp³-hybridized carbons (Fsp3) is 0.353. The molecule has 0 fully saturated rings. The molecule has 0 aliphatic heterocycles. The Morgan fingerprint density at radius 1 is 1.29 bits per heavy atom. The molecular weight excluding hydrogens is 314 g/mol. The fourth-order valence-electron chi connectivity index (χ4n) is 2.17. The van der Waals surface area contributed by atoms with Crippen LogP contribution in [0.2, 0.25) is 0 Å². The lowest BCUT2D eigenvalue weighted by molar-refractivity contribution is -0.308. The van der Waals surface area contributed by atoms with Gasteiger partial charge < -0.3 is 24.4 Å². The minimum absolute atomic E-state index is 0.311. The van der Waals surface area contributed by atoms with E-state index in [1.807, 2.05) is 6.92 Å². The van der Waals surface area contributed by atoms with Gasteiger partial charge >= 0.3 is 5.63 Å². The summed E-state index contributed by atoms with van der Waals surface area (Å²) < 4.78 is 10.3. The largest absolute Gasteiger partial charge is 0.548 e. The first-order chi connectivity index (χ1) is 11.5. The number of fused-ring (bicyclic) bond motifs is 1. The van der Waals surface area contributed by atoms with Crippen LogP contribution in [0.15, 0.2) is 39.5 Å². The molecule has 7 nitrogen and oxygen atoms in total. The van der Waals surface area contributed by atoms with Crippen LogP contribution >= 0.6 is 0 Å². The van der Waals surface area contributed by atoms with E-state index in [4.69, 9.17) is 9.15 Å². The van der Waals surface area contributed by atoms with Crippen LogP contribution in [-0.2, 0) is 9.59 Å². The van der Waals surface area contributed by atoms with E-state index in [9.17, 15) is 19.5 Å². The van der Waals surface area contributed by atoms with Crippen LogP contribution in [0.1, 0.15) is 26.2 Å². The van der Waals surface area contributed by atoms with Gasteiger partial charge in [-0.15, -0.1) is 0 Å². The van der Waals surface area contributed by atoms with E-state index in [0.717, 1.165) is 11.8 Å². The van der Waals surface area contributed by atoms with Crippen LogP contribution in [0, 0.1) is 0 Å². The van der Waals surface area contributed by atoms with Crippen molar-refractivity contribution in [3.63, 3.8) is 0 Å². The van der Waals surface area contributed by atoms with Crippen molar-refractivity contribution in [1.29, 1.82) is 0 Å². The molecule has 0 bridgehead atoms. The zero-order chi connectivity index (χ0) is 17.5. The fourth-order valence-corrected chi connectivity index (χ4v) is 2.17. The molecule has 128 valence electrons. The molecule has 0 saturated carbocycles. The summed E-state index contributed by atoms with van der Waals surface area (Å²) in [5.74, 6) is -1.54. The highest BCUT2D eigenvalue weighted by Gasteiger charge is 2.13. The van der Waals surface area contributed by atoms with Crippen LogP contribution in [0.4, 0.5) is 0 Å². The second-order valence-electron chi connectivity index (χ2n) is 5.32. The molecule has 2 aromatic rings. The lowest BCUT2D eigenvalue weighted by Crippen LogP contribution is -2.49. The van der Waals surface area contributed by atoms with Gasteiger partial charge in [-0.1, -0.05) is 19.8 Å². The highest BCUT2D eigenvalue weighted by molar-refractivity contribution is 5.83. The lowest BCUT2D eigenvalue weighted by Gasteiger charge is -2.19. The second-order valence-corrected chi connectivity index (χ2v) is 5.32. The molecule has 1 aromatic heterocycles. The molecular formula is C17H18NO6-. The van der Waals surface area contributed by atoms with Gasteiger partial charge in [0.2, 0.25) is 0 Å². The topological polar surface area (TPSA) is 109 Å². The van der Waals surface area contributed by atoms with Crippen LogP contribution in [-0.4, -0.2) is 24.5 Å². The lowest BCUT2D eigenvalue weighted by atomic mass is 10.1. The smallest absolute Gasteiger partial charge is 0.336 e. The molecule has 0 saturated heterocycles. The maximum Gasteiger partial charge on any atom is 0.336 e. The summed E-state index contributed by atoms with van der Waals surface area (Å²) in [4.78, 5) is 34.0. The predicted molar refractivity (Wildman–Crippen MR) is 84.4 cm³/mol. The van der Waals surface area contributed by atoms with E-state index in [-0.39, 0.29) is 6.61 Å². The van der Waals surface area contributed by atoms with E-state index in [2.05, 4.69) is 5.32 Å². The van der Waals surface area contributed by atoms with Crippen molar-refractivity contribution in [2.24, 2.45) is 0 Å². The molecule has 2 rings (SSSR count). The number of benzene rings is 1. The summed E-state index contributed by atoms with van der Waals surface area (Å²) in [5.41, 5.74) is -0.138. The number of carbonyl (C=O) groups excluding carboxylic acids is 2. The van der Waals surface area contributed by atoms with E-state index < -0.39 is 23.5 Å². The highest BCUT2D eigenvalue weighted by atomic mass is 16.5. The van der Waals surface area contributed by atoms with Gasteiger partial charge in [-0.25, -0.2) is 4.79 Å². The third kappa shape index (κ3) is 4.84. The van der Waals surface area contributed by atoms with Crippen molar-refractivity contribution >= 4 is 22.8 Å². The maximum atomic E-state index is 11.8. The van der Waals surface area contributed by atoms with E-state index >= 15 is 0 Å². The number of nitrogens with one attached hydrogen (secondary N) is 1. The SMILES string of the molecule is CCCC[C@@H](NC(=O)COc1ccc2ccc(=O)oc2c1)C(=O)[O-]. The third-order valence-electron chi connectivity index (χ3n) is 3.43. The van der Waals surface area contributed by atoms with Gasteiger partial charge in [-0.3, -0.25) is 4.79 Å². The Bertz CT molecular complexity index is 782. The van der Waals surface area contributed by atoms with Crippen LogP contribution < -0.4 is 20.8 Å². The molecule has 0 aliphatic rings. The number of hydrogen-bond acceptors (Lipinski definition) is 6. The standard InChI is InChI=1S/C17H19NO6/c1-2-3-4-13(17(21)22)18-15(19)10-23-12-7-5-11-6-8-16(20)24-14(11)9-12/h5-9,13H,2-4,10H2,1H3,(H,18,19)(H,21,22)/p-1/t13-/m1/s1. The summed E-state index contributed by atoms with van der Waals surface area (Å²) in [5, 5.41) is 14.1. The van der Waals surface area contributed by atoms with Crippen LogP contribution in [0.3, 0.4) is 0 Å². The molecule has 0 spiro atoms. The Labute approximate surface area is 138 Å². The normalized spacial score (nSPS) is 11.9. The van der Waals surface area contributed by atoms with Crippen LogP contribution in [0.5, 0.6) is 5.75 Å². The zero-order valence-corrected chi connectivity index (χ0v) is 13.2. The van der Waals surface area contributed by atoms with Gasteiger partial charge in [-0.2, -0.15) is 0 Å². The predicted octanol–water partition coefficient (Wildman–Crippen LogP) is 0.597. The summed E-state index contributed by atoms with van der Waals surface area (Å²) in [6.07, 6.45) is 1.80. The van der Waals surface area contributed by atoms with Crippen molar-refractivity contribution in [2.75, 3.05) is 6.61 Å². The molecule has 0 unspecified atom stereocenters. The van der Waals surface area contributed by atoms with Gasteiger partial charge in [0, 0.05) is 17.5 Å². The van der Waals surface area contributed by atoms with Crippen molar-refractivity contribution in [3.8, 4) is 5.75 Å². The number of amides is 1. The highest BCUT2D eigenvalue weighted by Crippen LogP contribution is 2.19. The first-order valence-corrected chi connectivity index (χ1v) is 7.66. The van der Waals surface area contributed by atoms with E-state index in [1.165, 1.54) is 12.1 Å². The number of carbonyl (C=O) groups is 2. The molecule has 1 heterocycles. The molecule has 0 radical (unpaired) electrons. The molecule has 7 heteroatoms. The van der Waals surface area contributed by atoms with E-state index in [0.29, 0.717) is 24.2 Å². The number of unbranched alkanes of at least 4 members (excludes halogenated alkanes) is 1. The van der Waals surface area contributed by atoms with Gasteiger partial charge in [0.25, 0.3) is 5.91 Å². The Balaban J connectivity index is 1.95. The second kappa shape index (κ2) is 8.14. The van der Waals surface area contributed by atoms with Crippen molar-refractivity contribution < 1.29 is 23.8 Å². The number of ether oxygens (including phenoxy) is 1. The van der Waals surface area contributed by atoms with Crippen molar-refractivity contribution in [2.45, 2.75) is 32.2 Å². The van der Waals surface area contributed by atoms with Gasteiger partial charge in [0.05, 0.1) is 12.0 Å². The molecule has 24 heavy (non-hydrogen) atoms. The number of aliphatic carboxylic acids is 1. The maximum absolute atomic E-state index is 11.8. The number of hydrogen-bond donors (Lipinski definition) is 1. The molecule has 1 N–H and O–H groups in total. The zero-order valence-electron chi connectivity index (χ0n) is 13.2. The Kier molecular flexibility index (Phi) is 5.95. The summed E-state index contributed by atoms with van der Waals surface area (Å²) >= 11 is 0. The monoisotopic (exact) mass is 332 g/mol.